The van der Waals surface area contributed by atoms with Gasteiger partial charge in [0.25, 0.3) is 0 Å². The minimum Gasteiger partial charge on any atom is -0.479 e. The van der Waals surface area contributed by atoms with Gasteiger partial charge in [0.1, 0.15) is 0 Å². The molecule has 0 saturated carbocycles. The van der Waals surface area contributed by atoms with Gasteiger partial charge in [-0.25, -0.2) is 0 Å². The van der Waals surface area contributed by atoms with E-state index in [4.69, 9.17) is 9.47 Å². The molecule has 0 aromatic rings. The molecule has 1 aliphatic heterocycles. The number of ether oxygens (including phenoxy) is 2. The summed E-state index contributed by atoms with van der Waals surface area (Å²) in [5.74, 6) is 1.36. The van der Waals surface area contributed by atoms with Crippen molar-refractivity contribution >= 4 is 0 Å². The maximum atomic E-state index is 5.64. The lowest BCUT2D eigenvalue weighted by Gasteiger charge is -2.28. The lowest BCUT2D eigenvalue weighted by molar-refractivity contribution is 0.0607. The van der Waals surface area contributed by atoms with Crippen molar-refractivity contribution in [1.29, 1.82) is 0 Å². The van der Waals surface area contributed by atoms with E-state index in [1.807, 2.05) is 0 Å². The second-order valence-corrected chi connectivity index (χ2v) is 4.54. The molecule has 3 nitrogen and oxygen atoms in total. The van der Waals surface area contributed by atoms with Crippen molar-refractivity contribution in [2.24, 2.45) is 5.92 Å². The molecule has 3 heteroatoms. The Kier molecular flexibility index (Phi) is 4.95. The first-order valence-electron chi connectivity index (χ1n) is 5.72. The van der Waals surface area contributed by atoms with Gasteiger partial charge < -0.3 is 14.4 Å². The molecule has 0 aliphatic carbocycles. The Morgan fingerprint density at radius 3 is 2.87 bits per heavy atom. The van der Waals surface area contributed by atoms with E-state index in [1.54, 1.807) is 7.11 Å². The molecule has 1 aliphatic rings. The molecule has 1 saturated heterocycles. The van der Waals surface area contributed by atoms with E-state index < -0.39 is 0 Å². The fraction of sp³-hybridized carbons (Fsp3) is 0.833. The highest BCUT2D eigenvalue weighted by Gasteiger charge is 2.26. The van der Waals surface area contributed by atoms with Crippen LogP contribution in [0.4, 0.5) is 0 Å². The van der Waals surface area contributed by atoms with Gasteiger partial charge in [0.15, 0.2) is 5.88 Å². The van der Waals surface area contributed by atoms with Gasteiger partial charge in [-0.1, -0.05) is 13.8 Å². The summed E-state index contributed by atoms with van der Waals surface area (Å²) in [6.07, 6.45) is 2.38. The van der Waals surface area contributed by atoms with Gasteiger partial charge in [0.05, 0.1) is 19.3 Å². The number of nitrogens with zero attached hydrogens (tertiary/aromatic N) is 1. The van der Waals surface area contributed by atoms with Gasteiger partial charge in [0, 0.05) is 13.7 Å². The monoisotopic (exact) mass is 213 g/mol. The molecule has 1 atom stereocenters. The van der Waals surface area contributed by atoms with Gasteiger partial charge >= 0.3 is 0 Å². The summed E-state index contributed by atoms with van der Waals surface area (Å²) in [5.41, 5.74) is 0. The van der Waals surface area contributed by atoms with Crippen LogP contribution in [0.2, 0.25) is 0 Å². The summed E-state index contributed by atoms with van der Waals surface area (Å²) in [4.78, 5) is 2.23. The molecular formula is C12H23NO2. The van der Waals surface area contributed by atoms with Crippen LogP contribution in [0, 0.1) is 5.92 Å². The number of likely N-dealkylation sites (tertiary alicyclic amines) is 1. The normalized spacial score (nSPS) is 21.1. The Balaban J connectivity index is 2.36. The summed E-state index contributed by atoms with van der Waals surface area (Å²) < 4.78 is 10.8. The zero-order valence-electron chi connectivity index (χ0n) is 10.2. The Morgan fingerprint density at radius 2 is 2.27 bits per heavy atom. The van der Waals surface area contributed by atoms with Crippen LogP contribution < -0.4 is 0 Å². The largest absolute Gasteiger partial charge is 0.479 e. The second kappa shape index (κ2) is 6.01. The first-order chi connectivity index (χ1) is 7.15. The van der Waals surface area contributed by atoms with Crippen LogP contribution >= 0.6 is 0 Å². The number of hydrogen-bond donors (Lipinski definition) is 0. The van der Waals surface area contributed by atoms with Crippen molar-refractivity contribution in [3.05, 3.63) is 12.5 Å². The third-order valence-corrected chi connectivity index (χ3v) is 2.64. The van der Waals surface area contributed by atoms with Crippen LogP contribution in [-0.4, -0.2) is 37.8 Å². The zero-order valence-corrected chi connectivity index (χ0v) is 10.2. The second-order valence-electron chi connectivity index (χ2n) is 4.54. The number of rotatable bonds is 6. The third kappa shape index (κ3) is 3.74. The van der Waals surface area contributed by atoms with Crippen molar-refractivity contribution in [2.45, 2.75) is 32.7 Å². The molecule has 0 spiro atoms. The first kappa shape index (κ1) is 12.4. The van der Waals surface area contributed by atoms with E-state index in [9.17, 15) is 0 Å². The van der Waals surface area contributed by atoms with E-state index in [2.05, 4.69) is 25.3 Å². The van der Waals surface area contributed by atoms with Gasteiger partial charge in [-0.3, -0.25) is 0 Å². The quantitative estimate of drug-likeness (QED) is 0.632. The maximum absolute atomic E-state index is 5.64. The summed E-state index contributed by atoms with van der Waals surface area (Å²) in [6.45, 7) is 10.8. The molecule has 0 aromatic heterocycles. The van der Waals surface area contributed by atoms with Gasteiger partial charge in [0.2, 0.25) is 0 Å². The zero-order chi connectivity index (χ0) is 11.3. The summed E-state index contributed by atoms with van der Waals surface area (Å²) in [5, 5.41) is 0. The minimum absolute atomic E-state index is 0.453. The topological polar surface area (TPSA) is 21.7 Å². The Labute approximate surface area is 93.0 Å². The van der Waals surface area contributed by atoms with Gasteiger partial charge in [-0.15, -0.1) is 0 Å². The van der Waals surface area contributed by atoms with Crippen LogP contribution in [0.15, 0.2) is 12.5 Å². The molecule has 0 aromatic carbocycles. The molecule has 1 heterocycles. The highest BCUT2D eigenvalue weighted by atomic mass is 16.5. The average molecular weight is 213 g/mol. The number of hydrogen-bond acceptors (Lipinski definition) is 3. The molecule has 0 amide bonds. The molecule has 1 unspecified atom stereocenters. The smallest absolute Gasteiger partial charge is 0.182 e. The number of methoxy groups -OCH3 is 1. The van der Waals surface area contributed by atoms with Crippen LogP contribution in [0.25, 0.3) is 0 Å². The fourth-order valence-electron chi connectivity index (χ4n) is 1.88. The van der Waals surface area contributed by atoms with Gasteiger partial charge in [-0.2, -0.15) is 0 Å². The third-order valence-electron chi connectivity index (χ3n) is 2.64. The van der Waals surface area contributed by atoms with E-state index >= 15 is 0 Å². The van der Waals surface area contributed by atoms with Crippen molar-refractivity contribution in [3.8, 4) is 0 Å². The molecule has 15 heavy (non-hydrogen) atoms. The molecule has 1 rings (SSSR count). The molecule has 1 fully saturated rings. The van der Waals surface area contributed by atoms with Crippen LogP contribution in [0.3, 0.4) is 0 Å². The van der Waals surface area contributed by atoms with Crippen molar-refractivity contribution in [1.82, 2.24) is 4.90 Å². The summed E-state index contributed by atoms with van der Waals surface area (Å²) in [7, 11) is 1.74. The molecule has 88 valence electrons. The Bertz CT molecular complexity index is 204. The van der Waals surface area contributed by atoms with E-state index in [1.165, 1.54) is 12.8 Å². The predicted molar refractivity (Wildman–Crippen MR) is 61.5 cm³/mol. The Hall–Kier alpha value is -0.700. The lowest BCUT2D eigenvalue weighted by Crippen LogP contribution is -2.33. The minimum atomic E-state index is 0.453. The van der Waals surface area contributed by atoms with Gasteiger partial charge in [-0.05, 0) is 25.3 Å². The molecular weight excluding hydrogens is 190 g/mol. The highest BCUT2D eigenvalue weighted by molar-refractivity contribution is 4.92. The molecule has 0 radical (unpaired) electrons. The van der Waals surface area contributed by atoms with Crippen LogP contribution in [0.5, 0.6) is 0 Å². The first-order valence-corrected chi connectivity index (χ1v) is 5.72. The Morgan fingerprint density at radius 1 is 1.53 bits per heavy atom. The van der Waals surface area contributed by atoms with Crippen LogP contribution in [0.1, 0.15) is 26.7 Å². The standard InChI is InChI=1S/C12H23NO2/c1-10(2)8-15-11(3)13-7-5-6-12(13)9-14-4/h10,12H,3,5-9H2,1-2,4H3. The maximum Gasteiger partial charge on any atom is 0.182 e. The van der Waals surface area contributed by atoms with E-state index in [-0.39, 0.29) is 0 Å². The molecule has 0 bridgehead atoms. The highest BCUT2D eigenvalue weighted by Crippen LogP contribution is 2.22. The summed E-state index contributed by atoms with van der Waals surface area (Å²) in [6, 6.07) is 0.453. The van der Waals surface area contributed by atoms with Crippen LogP contribution in [-0.2, 0) is 9.47 Å². The lowest BCUT2D eigenvalue weighted by atomic mass is 10.2. The van der Waals surface area contributed by atoms with E-state index in [0.29, 0.717) is 12.0 Å². The average Bonchev–Trinajstić information content (AvgIpc) is 2.63. The molecule has 0 N–H and O–H groups in total. The SMILES string of the molecule is C=C(OCC(C)C)N1CCCC1COC. The van der Waals surface area contributed by atoms with Crippen molar-refractivity contribution in [3.63, 3.8) is 0 Å². The predicted octanol–water partition coefficient (Wildman–Crippen LogP) is 2.24. The van der Waals surface area contributed by atoms with Crippen molar-refractivity contribution in [2.75, 3.05) is 26.9 Å². The summed E-state index contributed by atoms with van der Waals surface area (Å²) >= 11 is 0. The van der Waals surface area contributed by atoms with Crippen molar-refractivity contribution < 1.29 is 9.47 Å². The fourth-order valence-corrected chi connectivity index (χ4v) is 1.88. The van der Waals surface area contributed by atoms with E-state index in [0.717, 1.165) is 25.6 Å².